The number of guanidine groups is 1. The Bertz CT molecular complexity index is 676. The van der Waals surface area contributed by atoms with Gasteiger partial charge in [-0.1, -0.05) is 0 Å². The van der Waals surface area contributed by atoms with Crippen LogP contribution in [0.25, 0.3) is 0 Å². The van der Waals surface area contributed by atoms with Gasteiger partial charge in [-0.3, -0.25) is 0 Å². The standard InChI is InChI=1S/C15H19F3N4S2/c1-3-19-14(21-8-11-10(2)5-7-23-11)20-6-4-13-22-12(9-24-13)15(16,17)18/h5,7,9H,3-4,6,8H2,1-2H3,(H2,19,20,21). The third kappa shape index (κ3) is 5.48. The number of halogens is 3. The smallest absolute Gasteiger partial charge is 0.357 e. The average molecular weight is 376 g/mol. The molecule has 0 fully saturated rings. The van der Waals surface area contributed by atoms with Gasteiger partial charge in [0, 0.05) is 29.8 Å². The Labute approximate surface area is 146 Å². The highest BCUT2D eigenvalue weighted by Gasteiger charge is 2.33. The van der Waals surface area contributed by atoms with Crippen molar-refractivity contribution in [2.24, 2.45) is 4.99 Å². The van der Waals surface area contributed by atoms with Crippen LogP contribution in [0.2, 0.25) is 0 Å². The van der Waals surface area contributed by atoms with Crippen molar-refractivity contribution in [1.29, 1.82) is 0 Å². The minimum absolute atomic E-state index is 0.420. The fourth-order valence-corrected chi connectivity index (χ4v) is 3.54. The molecule has 0 saturated heterocycles. The van der Waals surface area contributed by atoms with E-state index >= 15 is 0 Å². The SMILES string of the molecule is CCNC(=NCc1sccc1C)NCCc1nc(C(F)(F)F)cs1. The average Bonchev–Trinajstić information content (AvgIpc) is 3.13. The molecule has 0 aliphatic rings. The van der Waals surface area contributed by atoms with Gasteiger partial charge in [-0.15, -0.1) is 22.7 Å². The van der Waals surface area contributed by atoms with Crippen LogP contribution in [0.15, 0.2) is 21.8 Å². The Kier molecular flexibility index (Phi) is 6.61. The Balaban J connectivity index is 1.87. The number of aliphatic imine (C=N–C) groups is 1. The van der Waals surface area contributed by atoms with E-state index in [2.05, 4.69) is 26.7 Å². The molecule has 0 bridgehead atoms. The molecule has 0 saturated carbocycles. The van der Waals surface area contributed by atoms with Crippen LogP contribution in [0.5, 0.6) is 0 Å². The maximum Gasteiger partial charge on any atom is 0.434 e. The molecule has 0 aliphatic carbocycles. The van der Waals surface area contributed by atoms with E-state index in [0.29, 0.717) is 37.0 Å². The molecule has 0 unspecified atom stereocenters. The summed E-state index contributed by atoms with van der Waals surface area (Å²) in [7, 11) is 0. The Hall–Kier alpha value is -1.61. The highest BCUT2D eigenvalue weighted by molar-refractivity contribution is 7.10. The quantitative estimate of drug-likeness (QED) is 0.595. The molecule has 0 atom stereocenters. The summed E-state index contributed by atoms with van der Waals surface area (Å²) in [4.78, 5) is 9.31. The zero-order chi connectivity index (χ0) is 17.6. The topological polar surface area (TPSA) is 49.3 Å². The first-order valence-electron chi connectivity index (χ1n) is 7.47. The van der Waals surface area contributed by atoms with Crippen molar-refractivity contribution >= 4 is 28.6 Å². The first-order valence-corrected chi connectivity index (χ1v) is 9.22. The van der Waals surface area contributed by atoms with E-state index in [4.69, 9.17) is 0 Å². The van der Waals surface area contributed by atoms with E-state index in [0.717, 1.165) is 16.7 Å². The second-order valence-corrected chi connectivity index (χ2v) is 6.97. The Morgan fingerprint density at radius 3 is 2.67 bits per heavy atom. The van der Waals surface area contributed by atoms with Crippen LogP contribution in [-0.4, -0.2) is 24.0 Å². The van der Waals surface area contributed by atoms with E-state index in [9.17, 15) is 13.2 Å². The van der Waals surface area contributed by atoms with Crippen molar-refractivity contribution in [1.82, 2.24) is 15.6 Å². The molecule has 4 nitrogen and oxygen atoms in total. The maximum absolute atomic E-state index is 12.5. The number of alkyl halides is 3. The second kappa shape index (κ2) is 8.48. The van der Waals surface area contributed by atoms with Crippen LogP contribution in [0, 0.1) is 6.92 Å². The van der Waals surface area contributed by atoms with Gasteiger partial charge in [-0.25, -0.2) is 9.98 Å². The van der Waals surface area contributed by atoms with Crippen LogP contribution in [0.1, 0.15) is 28.1 Å². The summed E-state index contributed by atoms with van der Waals surface area (Å²) in [5.41, 5.74) is 0.387. The molecule has 132 valence electrons. The fraction of sp³-hybridized carbons (Fsp3) is 0.467. The van der Waals surface area contributed by atoms with Gasteiger partial charge >= 0.3 is 6.18 Å². The predicted molar refractivity (Wildman–Crippen MR) is 92.7 cm³/mol. The number of thiazole rings is 1. The predicted octanol–water partition coefficient (Wildman–Crippen LogP) is 3.83. The lowest BCUT2D eigenvalue weighted by atomic mass is 10.3. The molecular formula is C15H19F3N4S2. The molecular weight excluding hydrogens is 357 g/mol. The molecule has 0 spiro atoms. The van der Waals surface area contributed by atoms with Gasteiger partial charge in [0.15, 0.2) is 11.7 Å². The van der Waals surface area contributed by atoms with Crippen molar-refractivity contribution in [2.45, 2.75) is 33.0 Å². The number of nitrogens with zero attached hydrogens (tertiary/aromatic N) is 2. The third-order valence-electron chi connectivity index (χ3n) is 3.17. The number of aryl methyl sites for hydroxylation is 1. The molecule has 2 aromatic heterocycles. The van der Waals surface area contributed by atoms with Gasteiger partial charge < -0.3 is 10.6 Å². The van der Waals surface area contributed by atoms with Crippen molar-refractivity contribution in [3.8, 4) is 0 Å². The summed E-state index contributed by atoms with van der Waals surface area (Å²) in [5.74, 6) is 0.651. The highest BCUT2D eigenvalue weighted by atomic mass is 32.1. The summed E-state index contributed by atoms with van der Waals surface area (Å²) < 4.78 is 37.6. The summed E-state index contributed by atoms with van der Waals surface area (Å²) in [6.45, 7) is 5.77. The lowest BCUT2D eigenvalue weighted by Gasteiger charge is -2.10. The van der Waals surface area contributed by atoms with Crippen LogP contribution >= 0.6 is 22.7 Å². The molecule has 2 rings (SSSR count). The van der Waals surface area contributed by atoms with Crippen LogP contribution < -0.4 is 10.6 Å². The normalized spacial score (nSPS) is 12.5. The monoisotopic (exact) mass is 376 g/mol. The van der Waals surface area contributed by atoms with Crippen molar-refractivity contribution in [3.05, 3.63) is 38.0 Å². The van der Waals surface area contributed by atoms with Gasteiger partial charge in [0.25, 0.3) is 0 Å². The van der Waals surface area contributed by atoms with Crippen molar-refractivity contribution in [2.75, 3.05) is 13.1 Å². The van der Waals surface area contributed by atoms with Gasteiger partial charge in [-0.2, -0.15) is 13.2 Å². The lowest BCUT2D eigenvalue weighted by Crippen LogP contribution is -2.38. The molecule has 2 N–H and O–H groups in total. The number of thiophene rings is 1. The minimum atomic E-state index is -4.38. The molecule has 0 amide bonds. The molecule has 0 aromatic carbocycles. The molecule has 2 heterocycles. The molecule has 9 heteroatoms. The van der Waals surface area contributed by atoms with Gasteiger partial charge in [0.05, 0.1) is 11.6 Å². The molecule has 2 aromatic rings. The second-order valence-electron chi connectivity index (χ2n) is 5.02. The van der Waals surface area contributed by atoms with E-state index in [1.54, 1.807) is 11.3 Å². The third-order valence-corrected chi connectivity index (χ3v) is 5.08. The van der Waals surface area contributed by atoms with E-state index in [1.165, 1.54) is 10.4 Å². The minimum Gasteiger partial charge on any atom is -0.357 e. The van der Waals surface area contributed by atoms with E-state index in [1.807, 2.05) is 19.2 Å². The number of nitrogens with one attached hydrogen (secondary N) is 2. The molecule has 0 radical (unpaired) electrons. The van der Waals surface area contributed by atoms with E-state index in [-0.39, 0.29) is 0 Å². The summed E-state index contributed by atoms with van der Waals surface area (Å²) >= 11 is 2.68. The first-order chi connectivity index (χ1) is 11.4. The first kappa shape index (κ1) is 18.7. The van der Waals surface area contributed by atoms with Gasteiger partial charge in [0.2, 0.25) is 0 Å². The zero-order valence-corrected chi connectivity index (χ0v) is 15.0. The molecule has 0 aliphatic heterocycles. The number of hydrogen-bond acceptors (Lipinski definition) is 4. The van der Waals surface area contributed by atoms with Crippen LogP contribution in [0.4, 0.5) is 13.2 Å². The summed E-state index contributed by atoms with van der Waals surface area (Å²) in [5, 5.41) is 9.79. The van der Waals surface area contributed by atoms with Crippen molar-refractivity contribution < 1.29 is 13.2 Å². The van der Waals surface area contributed by atoms with Crippen molar-refractivity contribution in [3.63, 3.8) is 0 Å². The largest absolute Gasteiger partial charge is 0.434 e. The number of aromatic nitrogens is 1. The van der Waals surface area contributed by atoms with Crippen LogP contribution in [-0.2, 0) is 19.1 Å². The summed E-state index contributed by atoms with van der Waals surface area (Å²) in [6, 6.07) is 2.05. The van der Waals surface area contributed by atoms with Gasteiger partial charge in [0.1, 0.15) is 0 Å². The zero-order valence-electron chi connectivity index (χ0n) is 13.4. The maximum atomic E-state index is 12.5. The number of rotatable bonds is 6. The Morgan fingerprint density at radius 2 is 2.08 bits per heavy atom. The Morgan fingerprint density at radius 1 is 1.29 bits per heavy atom. The highest BCUT2D eigenvalue weighted by Crippen LogP contribution is 2.30. The van der Waals surface area contributed by atoms with Crippen LogP contribution in [0.3, 0.4) is 0 Å². The summed E-state index contributed by atoms with van der Waals surface area (Å²) in [6.07, 6.45) is -3.96. The fourth-order valence-electron chi connectivity index (χ4n) is 1.90. The molecule has 24 heavy (non-hydrogen) atoms. The lowest BCUT2D eigenvalue weighted by molar-refractivity contribution is -0.140. The van der Waals surface area contributed by atoms with Gasteiger partial charge in [-0.05, 0) is 30.9 Å². The number of hydrogen-bond donors (Lipinski definition) is 2. The van der Waals surface area contributed by atoms with E-state index < -0.39 is 11.9 Å².